The monoisotopic (exact) mass is 238 g/mol. The van der Waals surface area contributed by atoms with Gasteiger partial charge in [-0.05, 0) is 32.4 Å². The van der Waals surface area contributed by atoms with E-state index in [0.717, 1.165) is 32.4 Å². The Morgan fingerprint density at radius 3 is 2.94 bits per heavy atom. The number of hydrogen-bond acceptors (Lipinski definition) is 3. The fraction of sp³-hybridized carbons (Fsp3) is 0.636. The number of rotatable bonds is 2. The molecular formula is C11H18N4O2. The van der Waals surface area contributed by atoms with Crippen molar-refractivity contribution in [2.24, 2.45) is 0 Å². The summed E-state index contributed by atoms with van der Waals surface area (Å²) in [5, 5.41) is 3.31. The summed E-state index contributed by atoms with van der Waals surface area (Å²) >= 11 is 0. The summed E-state index contributed by atoms with van der Waals surface area (Å²) in [6.07, 6.45) is 4.46. The van der Waals surface area contributed by atoms with Gasteiger partial charge in [0, 0.05) is 19.3 Å². The number of aromatic amines is 2. The average Bonchev–Trinajstić information content (AvgIpc) is 2.60. The molecule has 1 atom stereocenters. The van der Waals surface area contributed by atoms with Crippen LogP contribution in [0.5, 0.6) is 0 Å². The molecule has 0 radical (unpaired) electrons. The van der Waals surface area contributed by atoms with E-state index in [1.165, 1.54) is 6.20 Å². The Kier molecular flexibility index (Phi) is 3.63. The fourth-order valence-electron chi connectivity index (χ4n) is 2.19. The van der Waals surface area contributed by atoms with Gasteiger partial charge in [-0.25, -0.2) is 4.79 Å². The van der Waals surface area contributed by atoms with Crippen LogP contribution < -0.4 is 11.0 Å². The van der Waals surface area contributed by atoms with Crippen LogP contribution in [-0.4, -0.2) is 47.0 Å². The minimum atomic E-state index is -0.343. The molecule has 3 N–H and O–H groups in total. The largest absolute Gasteiger partial charge is 0.337 e. The molecular weight excluding hydrogens is 220 g/mol. The van der Waals surface area contributed by atoms with Crippen LogP contribution in [0.25, 0.3) is 0 Å². The van der Waals surface area contributed by atoms with Crippen molar-refractivity contribution < 1.29 is 4.79 Å². The first-order valence-electron chi connectivity index (χ1n) is 5.94. The molecule has 1 aliphatic heterocycles. The van der Waals surface area contributed by atoms with Gasteiger partial charge in [0.25, 0.3) is 5.91 Å². The fourth-order valence-corrected chi connectivity index (χ4v) is 2.19. The molecule has 0 aliphatic carbocycles. The molecule has 1 aromatic heterocycles. The predicted molar refractivity (Wildman–Crippen MR) is 64.0 cm³/mol. The van der Waals surface area contributed by atoms with Gasteiger partial charge in [0.15, 0.2) is 0 Å². The second-order valence-electron chi connectivity index (χ2n) is 4.41. The van der Waals surface area contributed by atoms with E-state index in [2.05, 4.69) is 15.3 Å². The van der Waals surface area contributed by atoms with E-state index in [0.29, 0.717) is 5.69 Å². The normalized spacial score (nSPS) is 20.9. The molecule has 1 aliphatic rings. The maximum atomic E-state index is 12.1. The Balaban J connectivity index is 2.05. The molecule has 2 heterocycles. The molecule has 1 saturated heterocycles. The van der Waals surface area contributed by atoms with E-state index in [1.807, 2.05) is 0 Å². The Labute approximate surface area is 99.4 Å². The summed E-state index contributed by atoms with van der Waals surface area (Å²) in [4.78, 5) is 29.7. The summed E-state index contributed by atoms with van der Waals surface area (Å²) < 4.78 is 0. The van der Waals surface area contributed by atoms with Crippen molar-refractivity contribution in [1.82, 2.24) is 20.2 Å². The van der Waals surface area contributed by atoms with Gasteiger partial charge in [-0.1, -0.05) is 0 Å². The third-order valence-electron chi connectivity index (χ3n) is 3.24. The first-order valence-corrected chi connectivity index (χ1v) is 5.94. The number of hydrogen-bond donors (Lipinski definition) is 3. The highest BCUT2D eigenvalue weighted by Crippen LogP contribution is 2.13. The number of amides is 1. The van der Waals surface area contributed by atoms with Crippen LogP contribution in [0.3, 0.4) is 0 Å². The van der Waals surface area contributed by atoms with Gasteiger partial charge in [-0.15, -0.1) is 0 Å². The number of carbonyl (C=O) groups excluding carboxylic acids is 1. The number of carbonyl (C=O) groups is 1. The van der Waals surface area contributed by atoms with Crippen LogP contribution in [0.2, 0.25) is 0 Å². The average molecular weight is 238 g/mol. The first kappa shape index (κ1) is 11.9. The first-order chi connectivity index (χ1) is 8.18. The van der Waals surface area contributed by atoms with Crippen molar-refractivity contribution in [2.45, 2.75) is 25.3 Å². The smallest absolute Gasteiger partial charge is 0.323 e. The van der Waals surface area contributed by atoms with Crippen LogP contribution in [-0.2, 0) is 0 Å². The van der Waals surface area contributed by atoms with Gasteiger partial charge in [-0.3, -0.25) is 4.79 Å². The Morgan fingerprint density at radius 2 is 2.24 bits per heavy atom. The third kappa shape index (κ3) is 2.76. The molecule has 1 fully saturated rings. The van der Waals surface area contributed by atoms with Gasteiger partial charge < -0.3 is 20.2 Å². The van der Waals surface area contributed by atoms with Crippen LogP contribution in [0.15, 0.2) is 11.0 Å². The summed E-state index contributed by atoms with van der Waals surface area (Å²) in [5.74, 6) is -0.129. The zero-order valence-electron chi connectivity index (χ0n) is 9.95. The molecule has 0 spiro atoms. The summed E-state index contributed by atoms with van der Waals surface area (Å²) in [6.45, 7) is 1.95. The molecule has 17 heavy (non-hydrogen) atoms. The highest BCUT2D eigenvalue weighted by molar-refractivity contribution is 5.92. The van der Waals surface area contributed by atoms with Crippen LogP contribution in [0.4, 0.5) is 0 Å². The number of imidazole rings is 1. The maximum Gasteiger partial charge on any atom is 0.323 e. The van der Waals surface area contributed by atoms with E-state index in [1.54, 1.807) is 11.9 Å². The highest BCUT2D eigenvalue weighted by atomic mass is 16.2. The van der Waals surface area contributed by atoms with Gasteiger partial charge in [0.1, 0.15) is 5.69 Å². The summed E-state index contributed by atoms with van der Waals surface area (Å²) in [5.41, 5.74) is -0.0148. The zero-order chi connectivity index (χ0) is 12.3. The highest BCUT2D eigenvalue weighted by Gasteiger charge is 2.22. The van der Waals surface area contributed by atoms with Crippen molar-refractivity contribution in [3.63, 3.8) is 0 Å². The van der Waals surface area contributed by atoms with Gasteiger partial charge in [0.05, 0.1) is 0 Å². The SMILES string of the molecule is CN(C(=O)c1c[nH]c(=O)[nH]1)C1CCCNCC1. The summed E-state index contributed by atoms with van der Waals surface area (Å²) in [6, 6.07) is 0.246. The second-order valence-corrected chi connectivity index (χ2v) is 4.41. The van der Waals surface area contributed by atoms with E-state index in [9.17, 15) is 9.59 Å². The molecule has 6 heteroatoms. The van der Waals surface area contributed by atoms with E-state index in [-0.39, 0.29) is 17.6 Å². The molecule has 1 aromatic rings. The van der Waals surface area contributed by atoms with Crippen molar-refractivity contribution >= 4 is 5.91 Å². The van der Waals surface area contributed by atoms with Crippen molar-refractivity contribution in [3.8, 4) is 0 Å². The minimum absolute atomic E-state index is 0.129. The molecule has 0 bridgehead atoms. The van der Waals surface area contributed by atoms with Crippen molar-refractivity contribution in [1.29, 1.82) is 0 Å². The molecule has 94 valence electrons. The Hall–Kier alpha value is -1.56. The van der Waals surface area contributed by atoms with E-state index in [4.69, 9.17) is 0 Å². The van der Waals surface area contributed by atoms with Crippen LogP contribution in [0, 0.1) is 0 Å². The van der Waals surface area contributed by atoms with Gasteiger partial charge in [-0.2, -0.15) is 0 Å². The number of nitrogens with one attached hydrogen (secondary N) is 3. The van der Waals surface area contributed by atoms with Gasteiger partial charge in [0.2, 0.25) is 0 Å². The third-order valence-corrected chi connectivity index (χ3v) is 3.24. The minimum Gasteiger partial charge on any atom is -0.337 e. The lowest BCUT2D eigenvalue weighted by atomic mass is 10.1. The number of nitrogens with zero attached hydrogens (tertiary/aromatic N) is 1. The van der Waals surface area contributed by atoms with E-state index < -0.39 is 0 Å². The van der Waals surface area contributed by atoms with E-state index >= 15 is 0 Å². The number of aromatic nitrogens is 2. The zero-order valence-corrected chi connectivity index (χ0v) is 9.95. The quantitative estimate of drug-likeness (QED) is 0.674. The standard InChI is InChI=1S/C11H18N4O2/c1-15(8-3-2-5-12-6-4-8)10(16)9-7-13-11(17)14-9/h7-8,12H,2-6H2,1H3,(H2,13,14,17). The maximum absolute atomic E-state index is 12.1. The topological polar surface area (TPSA) is 81.0 Å². The molecule has 1 amide bonds. The second kappa shape index (κ2) is 5.18. The van der Waals surface area contributed by atoms with Crippen molar-refractivity contribution in [3.05, 3.63) is 22.4 Å². The predicted octanol–water partition coefficient (Wildman–Crippen LogP) is -0.0829. The molecule has 0 saturated carbocycles. The lowest BCUT2D eigenvalue weighted by molar-refractivity contribution is 0.0715. The Bertz CT molecular complexity index is 429. The molecule has 1 unspecified atom stereocenters. The van der Waals surface area contributed by atoms with Crippen molar-refractivity contribution in [2.75, 3.05) is 20.1 Å². The Morgan fingerprint density at radius 1 is 1.41 bits per heavy atom. The number of H-pyrrole nitrogens is 2. The summed E-state index contributed by atoms with van der Waals surface area (Å²) in [7, 11) is 1.80. The van der Waals surface area contributed by atoms with Crippen LogP contribution in [0.1, 0.15) is 29.8 Å². The van der Waals surface area contributed by atoms with Gasteiger partial charge >= 0.3 is 5.69 Å². The van der Waals surface area contributed by atoms with Crippen LogP contribution >= 0.6 is 0 Å². The molecule has 2 rings (SSSR count). The molecule has 0 aromatic carbocycles. The molecule has 6 nitrogen and oxygen atoms in total. The lowest BCUT2D eigenvalue weighted by Gasteiger charge is -2.26. The lowest BCUT2D eigenvalue weighted by Crippen LogP contribution is -2.37.